The lowest BCUT2D eigenvalue weighted by Crippen LogP contribution is -2.20. The highest BCUT2D eigenvalue weighted by Crippen LogP contribution is 2.37. The van der Waals surface area contributed by atoms with Crippen molar-refractivity contribution in [1.82, 2.24) is 0 Å². The molecule has 10 aromatic carbocycles. The number of alkyl halides is 10. The summed E-state index contributed by atoms with van der Waals surface area (Å²) in [4.78, 5) is 51.5. The van der Waals surface area contributed by atoms with Crippen LogP contribution in [-0.4, -0.2) is 40.3 Å². The molecule has 0 radical (unpaired) electrons. The fraction of sp³-hybridized carbons (Fsp3) is 0.179. The van der Waals surface area contributed by atoms with Crippen molar-refractivity contribution in [2.45, 2.75) is 85.9 Å². The largest absolute Gasteiger partial charge is 0.457 e. The van der Waals surface area contributed by atoms with E-state index in [2.05, 4.69) is 246 Å². The summed E-state index contributed by atoms with van der Waals surface area (Å²) in [5.74, 6) is -0.246. The van der Waals surface area contributed by atoms with Gasteiger partial charge in [0.2, 0.25) is 0 Å². The average molecular weight is 2210 g/mol. The number of nitrogens with zero attached hydrogens (tertiary/aromatic N) is 1. The molecule has 0 aromatic heterocycles. The predicted octanol–water partition coefficient (Wildman–Crippen LogP) is 25.0. The van der Waals surface area contributed by atoms with Gasteiger partial charge in [-0.1, -0.05) is 217 Å². The van der Waals surface area contributed by atoms with E-state index >= 15 is 0 Å². The second-order valence-corrected chi connectivity index (χ2v) is 35.3. The van der Waals surface area contributed by atoms with Crippen LogP contribution in [0, 0.1) is 0 Å². The van der Waals surface area contributed by atoms with E-state index in [9.17, 15) is 19.2 Å². The SMILES string of the molecule is BrCc1ccc(N(c2ccc(CBr)cc2)c2ccc(CBr)cc2)cc1.BrCc1ccc(P(c2ccc(CBr)cc2)c2ccc(CBr)cc2)cc1.CC(I)OC(=O)c1ccc(Oc2ccc(C(=O)OC(C)I)cc2)cc1.CC(I)OC(=O)c1ccc(Sc2ccc(C(=O)OC(C)I)cc2)cc1. The summed E-state index contributed by atoms with van der Waals surface area (Å²) < 4.78 is 25.5. The van der Waals surface area contributed by atoms with E-state index in [-0.39, 0.29) is 40.3 Å². The molecule has 0 aliphatic rings. The summed E-state index contributed by atoms with van der Waals surface area (Å²) in [6, 6.07) is 80.8. The molecule has 0 saturated heterocycles. The van der Waals surface area contributed by atoms with Gasteiger partial charge < -0.3 is 28.6 Å². The number of rotatable bonds is 24. The molecule has 10 nitrogen and oxygen atoms in total. The molecule has 100 heavy (non-hydrogen) atoms. The summed E-state index contributed by atoms with van der Waals surface area (Å²) in [7, 11) is -0.544. The standard InChI is InChI=1S/C21H18Br3N.C21H18Br3P.C18H16I2O5.C18H16I2O4S/c2*22-13-16-1-7-19(8-2-16)25(20-9-3-17(14-23)4-10-20)21-11-5-18(15-24)6-12-21;2*1-11(19)23-17(21)13-3-7-15(8-4-13)25-16-9-5-14(6-10-16)18(22)24-12(2)20/h2*1-12H,13-15H2;2*3-12H,1-2H3. The smallest absolute Gasteiger partial charge is 0.339 e. The first-order valence-corrected chi connectivity index (χ1v) is 44.7. The molecule has 0 amide bonds. The van der Waals surface area contributed by atoms with Crippen LogP contribution in [0.25, 0.3) is 0 Å². The Labute approximate surface area is 696 Å². The zero-order valence-electron chi connectivity index (χ0n) is 54.4. The maximum Gasteiger partial charge on any atom is 0.339 e. The summed E-state index contributed by atoms with van der Waals surface area (Å²) in [5.41, 5.74) is 13.2. The van der Waals surface area contributed by atoms with Gasteiger partial charge in [-0.25, -0.2) is 19.2 Å². The molecule has 0 heterocycles. The third-order valence-electron chi connectivity index (χ3n) is 14.0. The Morgan fingerprint density at radius 2 is 0.520 bits per heavy atom. The van der Waals surface area contributed by atoms with Crippen LogP contribution in [-0.2, 0) is 50.9 Å². The van der Waals surface area contributed by atoms with Crippen LogP contribution in [0.5, 0.6) is 11.5 Å². The molecule has 0 N–H and O–H groups in total. The molecule has 0 aliphatic heterocycles. The monoisotopic (exact) mass is 2210 g/mol. The van der Waals surface area contributed by atoms with Crippen molar-refractivity contribution in [2.24, 2.45) is 0 Å². The second-order valence-electron chi connectivity index (χ2n) is 21.6. The second kappa shape index (κ2) is 44.3. The van der Waals surface area contributed by atoms with Gasteiger partial charge in [0.1, 0.15) is 27.9 Å². The Bertz CT molecular complexity index is 3530. The van der Waals surface area contributed by atoms with Gasteiger partial charge in [-0.05, 0) is 309 Å². The number of ether oxygens (including phenoxy) is 5. The lowest BCUT2D eigenvalue weighted by atomic mass is 10.1. The molecule has 0 aliphatic carbocycles. The van der Waals surface area contributed by atoms with Crippen molar-refractivity contribution < 1.29 is 42.9 Å². The molecule has 0 spiro atoms. The van der Waals surface area contributed by atoms with Crippen molar-refractivity contribution in [2.75, 3.05) is 4.90 Å². The van der Waals surface area contributed by atoms with Crippen molar-refractivity contribution >= 4 is 262 Å². The van der Waals surface area contributed by atoms with Crippen molar-refractivity contribution in [3.63, 3.8) is 0 Å². The quantitative estimate of drug-likeness (QED) is 0.0189. The number of carbonyl (C=O) groups excluding carboxylic acids is 4. The predicted molar refractivity (Wildman–Crippen MR) is 468 cm³/mol. The highest BCUT2D eigenvalue weighted by molar-refractivity contribution is 14.1. The maximum atomic E-state index is 11.8. The molecule has 0 fully saturated rings. The molecular formula is C78H68Br6I4NO9PS. The van der Waals surface area contributed by atoms with Crippen LogP contribution in [0.15, 0.2) is 252 Å². The minimum Gasteiger partial charge on any atom is -0.457 e. The average Bonchev–Trinajstić information content (AvgIpc) is 0.817. The molecule has 4 unspecified atom stereocenters. The fourth-order valence-electron chi connectivity index (χ4n) is 9.07. The molecule has 22 heteroatoms. The van der Waals surface area contributed by atoms with E-state index in [1.807, 2.05) is 128 Å². The van der Waals surface area contributed by atoms with Crippen molar-refractivity contribution in [3.05, 3.63) is 298 Å². The molecule has 10 rings (SSSR count). The first-order valence-electron chi connectivity index (χ1n) is 30.9. The molecule has 4 atom stereocenters. The Morgan fingerprint density at radius 3 is 0.720 bits per heavy atom. The number of hydrogen-bond donors (Lipinski definition) is 0. The Hall–Kier alpha value is -3.74. The summed E-state index contributed by atoms with van der Waals surface area (Å²) in [6.07, 6.45) is 0. The fourth-order valence-corrected chi connectivity index (χ4v) is 15.3. The van der Waals surface area contributed by atoms with E-state index < -0.39 is 7.92 Å². The topological polar surface area (TPSA) is 118 Å². The molecule has 520 valence electrons. The van der Waals surface area contributed by atoms with E-state index in [1.165, 1.54) is 49.3 Å². The van der Waals surface area contributed by atoms with Crippen molar-refractivity contribution in [3.8, 4) is 11.5 Å². The molecule has 0 bridgehead atoms. The van der Waals surface area contributed by atoms with Gasteiger partial charge in [0.05, 0.1) is 22.3 Å². The highest BCUT2D eigenvalue weighted by Gasteiger charge is 2.19. The number of anilines is 3. The summed E-state index contributed by atoms with van der Waals surface area (Å²) >= 11 is 30.8. The van der Waals surface area contributed by atoms with Gasteiger partial charge in [0.25, 0.3) is 0 Å². The van der Waals surface area contributed by atoms with E-state index in [1.54, 1.807) is 98.4 Å². The van der Waals surface area contributed by atoms with Gasteiger partial charge in [-0.3, -0.25) is 0 Å². The van der Waals surface area contributed by atoms with Gasteiger partial charge in [0, 0.05) is 58.8 Å². The van der Waals surface area contributed by atoms with Gasteiger partial charge in [-0.15, -0.1) is 0 Å². The number of esters is 4. The zero-order chi connectivity index (χ0) is 72.1. The first-order chi connectivity index (χ1) is 48.2. The molecule has 0 saturated carbocycles. The van der Waals surface area contributed by atoms with Crippen LogP contribution in [0.1, 0.15) is 103 Å². The zero-order valence-corrected chi connectivity index (χ0v) is 74.3. The van der Waals surface area contributed by atoms with Crippen LogP contribution in [0.3, 0.4) is 0 Å². The van der Waals surface area contributed by atoms with Crippen LogP contribution in [0.4, 0.5) is 17.1 Å². The van der Waals surface area contributed by atoms with Crippen molar-refractivity contribution in [1.29, 1.82) is 0 Å². The van der Waals surface area contributed by atoms with Crippen LogP contribution < -0.4 is 25.6 Å². The Balaban J connectivity index is 0.000000187. The molecule has 10 aromatic rings. The third kappa shape index (κ3) is 27.6. The lowest BCUT2D eigenvalue weighted by molar-refractivity contribution is 0.0492. The van der Waals surface area contributed by atoms with E-state index in [0.717, 1.165) is 58.8 Å². The van der Waals surface area contributed by atoms with Crippen LogP contribution in [0.2, 0.25) is 0 Å². The minimum atomic E-state index is -0.544. The third-order valence-corrected chi connectivity index (χ3v) is 22.4. The number of benzene rings is 10. The Kier molecular flexibility index (Phi) is 37.0. The highest BCUT2D eigenvalue weighted by atomic mass is 127. The van der Waals surface area contributed by atoms with E-state index in [4.69, 9.17) is 23.7 Å². The number of halogens is 10. The van der Waals surface area contributed by atoms with E-state index in [0.29, 0.717) is 33.8 Å². The number of carbonyl (C=O) groups is 4. The molecular weight excluding hydrogens is 2140 g/mol. The minimum absolute atomic E-state index is 0.167. The van der Waals surface area contributed by atoms with Gasteiger partial charge in [-0.2, -0.15) is 0 Å². The van der Waals surface area contributed by atoms with Gasteiger partial charge >= 0.3 is 23.9 Å². The lowest BCUT2D eigenvalue weighted by Gasteiger charge is -2.26. The first kappa shape index (κ1) is 83.5. The van der Waals surface area contributed by atoms with Crippen LogP contribution >= 0.6 is 206 Å². The Morgan fingerprint density at radius 1 is 0.320 bits per heavy atom. The normalized spacial score (nSPS) is 11.9. The summed E-state index contributed by atoms with van der Waals surface area (Å²) in [6.45, 7) is 7.19. The van der Waals surface area contributed by atoms with Gasteiger partial charge in [0.15, 0.2) is 0 Å². The maximum absolute atomic E-state index is 11.8. The number of hydrogen-bond acceptors (Lipinski definition) is 11. The summed E-state index contributed by atoms with van der Waals surface area (Å²) in [5, 5.41) is 9.45.